The minimum atomic E-state index is -0.597. The quantitative estimate of drug-likeness (QED) is 0.476. The number of hydrogen-bond donors (Lipinski definition) is 4. The monoisotopic (exact) mass is 462 g/mol. The van der Waals surface area contributed by atoms with Crippen molar-refractivity contribution in [3.05, 3.63) is 40.4 Å². The Hall–Kier alpha value is -3.14. The van der Waals surface area contributed by atoms with E-state index in [-0.39, 0.29) is 36.6 Å². The van der Waals surface area contributed by atoms with E-state index >= 15 is 0 Å². The summed E-state index contributed by atoms with van der Waals surface area (Å²) in [6.07, 6.45) is 0.139. The van der Waals surface area contributed by atoms with Crippen LogP contribution in [0.4, 0.5) is 9.93 Å². The number of anilines is 1. The fourth-order valence-corrected chi connectivity index (χ4v) is 3.59. The third-order valence-electron chi connectivity index (χ3n) is 4.13. The summed E-state index contributed by atoms with van der Waals surface area (Å²) >= 11 is 1.09. The van der Waals surface area contributed by atoms with E-state index in [2.05, 4.69) is 20.9 Å². The van der Waals surface area contributed by atoms with Crippen molar-refractivity contribution in [1.29, 1.82) is 0 Å². The number of aromatic nitrogens is 1. The first-order chi connectivity index (χ1) is 14.9. The Bertz CT molecular complexity index is 967. The fourth-order valence-electron chi connectivity index (χ4n) is 2.70. The van der Waals surface area contributed by atoms with E-state index in [1.54, 1.807) is 52.8 Å². The first kappa shape index (κ1) is 25.1. The van der Waals surface area contributed by atoms with Gasteiger partial charge in [-0.2, -0.15) is 0 Å². The second kappa shape index (κ2) is 10.9. The van der Waals surface area contributed by atoms with E-state index in [1.807, 2.05) is 6.07 Å². The largest absolute Gasteiger partial charge is 0.508 e. The van der Waals surface area contributed by atoms with Crippen molar-refractivity contribution < 1.29 is 24.2 Å². The maximum Gasteiger partial charge on any atom is 0.407 e. The zero-order valence-electron chi connectivity index (χ0n) is 18.9. The number of phenols is 1. The zero-order chi connectivity index (χ0) is 23.9. The number of carbonyl (C=O) groups is 3. The highest BCUT2D eigenvalue weighted by Gasteiger charge is 2.20. The number of thiazole rings is 1. The standard InChI is InChI=1S/C22H30N4O5S/c1-13(12-23-21(30)31-22(3,4)5)24-19(29)18-14(2)25-20(32-18)26-17(28)10-9-15-7-6-8-16(27)11-15/h6-8,11,13,27H,9-10,12H2,1-5H3,(H,23,30)(H,24,29)(H,25,26,28). The molecular weight excluding hydrogens is 432 g/mol. The van der Waals surface area contributed by atoms with E-state index in [0.717, 1.165) is 16.9 Å². The molecule has 3 amide bonds. The van der Waals surface area contributed by atoms with Crippen LogP contribution in [0.15, 0.2) is 24.3 Å². The highest BCUT2D eigenvalue weighted by molar-refractivity contribution is 7.17. The maximum atomic E-state index is 12.6. The molecule has 2 aromatic rings. The molecule has 1 unspecified atom stereocenters. The molecule has 0 radical (unpaired) electrons. The maximum absolute atomic E-state index is 12.6. The highest BCUT2D eigenvalue weighted by atomic mass is 32.1. The summed E-state index contributed by atoms with van der Waals surface area (Å²) in [5.41, 5.74) is 0.757. The smallest absolute Gasteiger partial charge is 0.407 e. The van der Waals surface area contributed by atoms with E-state index in [1.165, 1.54) is 0 Å². The first-order valence-corrected chi connectivity index (χ1v) is 11.1. The van der Waals surface area contributed by atoms with E-state index in [9.17, 15) is 19.5 Å². The summed E-state index contributed by atoms with van der Waals surface area (Å²) in [5, 5.41) is 18.0. The fraction of sp³-hybridized carbons (Fsp3) is 0.455. The molecule has 1 aromatic carbocycles. The van der Waals surface area contributed by atoms with Gasteiger partial charge in [-0.3, -0.25) is 9.59 Å². The van der Waals surface area contributed by atoms with Crippen LogP contribution < -0.4 is 16.0 Å². The predicted octanol–water partition coefficient (Wildman–Crippen LogP) is 3.37. The van der Waals surface area contributed by atoms with E-state index in [4.69, 9.17) is 4.74 Å². The molecule has 0 aliphatic carbocycles. The Kier molecular flexibility index (Phi) is 8.59. The van der Waals surface area contributed by atoms with Gasteiger partial charge in [0.15, 0.2) is 5.13 Å². The second-order valence-corrected chi connectivity index (χ2v) is 9.41. The van der Waals surface area contributed by atoms with Crippen molar-refractivity contribution in [3.63, 3.8) is 0 Å². The Labute approximate surface area is 191 Å². The van der Waals surface area contributed by atoms with Gasteiger partial charge in [0.05, 0.1) is 5.69 Å². The van der Waals surface area contributed by atoms with Crippen LogP contribution in [0.3, 0.4) is 0 Å². The Morgan fingerprint density at radius 3 is 2.62 bits per heavy atom. The third-order valence-corrected chi connectivity index (χ3v) is 5.20. The van der Waals surface area contributed by atoms with Crippen LogP contribution in [-0.2, 0) is 16.0 Å². The van der Waals surface area contributed by atoms with Gasteiger partial charge in [0.1, 0.15) is 16.2 Å². The van der Waals surface area contributed by atoms with Crippen LogP contribution in [-0.4, -0.2) is 46.2 Å². The lowest BCUT2D eigenvalue weighted by Crippen LogP contribution is -2.43. The summed E-state index contributed by atoms with van der Waals surface area (Å²) in [6, 6.07) is 6.41. The average Bonchev–Trinajstić information content (AvgIpc) is 3.03. The van der Waals surface area contributed by atoms with Gasteiger partial charge in [0, 0.05) is 19.0 Å². The molecule has 1 heterocycles. The second-order valence-electron chi connectivity index (χ2n) is 8.41. The molecule has 174 valence electrons. The number of nitrogens with zero attached hydrogens (tertiary/aromatic N) is 1. The Morgan fingerprint density at radius 1 is 1.25 bits per heavy atom. The molecule has 2 rings (SSSR count). The first-order valence-electron chi connectivity index (χ1n) is 10.3. The number of nitrogens with one attached hydrogen (secondary N) is 3. The number of ether oxygens (including phenoxy) is 1. The van der Waals surface area contributed by atoms with Crippen LogP contribution >= 0.6 is 11.3 Å². The number of hydrogen-bond acceptors (Lipinski definition) is 7. The van der Waals surface area contributed by atoms with Gasteiger partial charge < -0.3 is 25.8 Å². The van der Waals surface area contributed by atoms with Crippen LogP contribution in [0.2, 0.25) is 0 Å². The van der Waals surface area contributed by atoms with Gasteiger partial charge in [-0.15, -0.1) is 0 Å². The number of rotatable bonds is 8. The third kappa shape index (κ3) is 8.54. The van der Waals surface area contributed by atoms with Gasteiger partial charge >= 0.3 is 6.09 Å². The summed E-state index contributed by atoms with van der Waals surface area (Å²) < 4.78 is 5.17. The van der Waals surface area contributed by atoms with Crippen molar-refractivity contribution in [2.45, 2.75) is 59.1 Å². The minimum absolute atomic E-state index is 0.157. The van der Waals surface area contributed by atoms with Gasteiger partial charge in [-0.05, 0) is 58.7 Å². The summed E-state index contributed by atoms with van der Waals surface area (Å²) in [5.74, 6) is -0.410. The SMILES string of the molecule is Cc1nc(NC(=O)CCc2cccc(O)c2)sc1C(=O)NC(C)CNC(=O)OC(C)(C)C. The number of aromatic hydroxyl groups is 1. The number of carbonyl (C=O) groups excluding carboxylic acids is 3. The van der Waals surface area contributed by atoms with Gasteiger partial charge in [-0.25, -0.2) is 9.78 Å². The zero-order valence-corrected chi connectivity index (χ0v) is 19.8. The van der Waals surface area contributed by atoms with E-state index < -0.39 is 11.7 Å². The van der Waals surface area contributed by atoms with E-state index in [0.29, 0.717) is 22.1 Å². The minimum Gasteiger partial charge on any atom is -0.508 e. The number of benzene rings is 1. The molecule has 0 saturated carbocycles. The van der Waals surface area contributed by atoms with Crippen LogP contribution in [0.25, 0.3) is 0 Å². The lowest BCUT2D eigenvalue weighted by molar-refractivity contribution is -0.116. The average molecular weight is 463 g/mol. The molecule has 9 nitrogen and oxygen atoms in total. The highest BCUT2D eigenvalue weighted by Crippen LogP contribution is 2.23. The number of aryl methyl sites for hydroxylation is 2. The molecule has 0 aliphatic heterocycles. The van der Waals surface area contributed by atoms with Crippen LogP contribution in [0, 0.1) is 6.92 Å². The van der Waals surface area contributed by atoms with Crippen molar-refractivity contribution in [3.8, 4) is 5.75 Å². The number of alkyl carbamates (subject to hydrolysis) is 1. The van der Waals surface area contributed by atoms with Crippen molar-refractivity contribution >= 4 is 34.4 Å². The lowest BCUT2D eigenvalue weighted by Gasteiger charge is -2.21. The topological polar surface area (TPSA) is 130 Å². The van der Waals surface area contributed by atoms with Gasteiger partial charge in [0.2, 0.25) is 5.91 Å². The number of amides is 3. The molecule has 1 atom stereocenters. The summed E-state index contributed by atoms with van der Waals surface area (Å²) in [4.78, 5) is 41.2. The Morgan fingerprint density at radius 2 is 1.97 bits per heavy atom. The molecule has 10 heteroatoms. The molecular formula is C22H30N4O5S. The summed E-state index contributed by atoms with van der Waals surface area (Å²) in [6.45, 7) is 8.97. The van der Waals surface area contributed by atoms with Crippen molar-refractivity contribution in [2.24, 2.45) is 0 Å². The molecule has 0 aliphatic rings. The molecule has 0 fully saturated rings. The molecule has 0 spiro atoms. The van der Waals surface area contributed by atoms with Gasteiger partial charge in [0.25, 0.3) is 5.91 Å². The molecule has 1 aromatic heterocycles. The number of phenolic OH excluding ortho intramolecular Hbond substituents is 1. The van der Waals surface area contributed by atoms with Crippen molar-refractivity contribution in [1.82, 2.24) is 15.6 Å². The normalized spacial score (nSPS) is 12.0. The van der Waals surface area contributed by atoms with Crippen molar-refractivity contribution in [2.75, 3.05) is 11.9 Å². The summed E-state index contributed by atoms with van der Waals surface area (Å²) in [7, 11) is 0. The Balaban J connectivity index is 1.84. The lowest BCUT2D eigenvalue weighted by atomic mass is 10.1. The molecule has 4 N–H and O–H groups in total. The van der Waals surface area contributed by atoms with Gasteiger partial charge in [-0.1, -0.05) is 23.5 Å². The molecule has 0 bridgehead atoms. The molecule has 32 heavy (non-hydrogen) atoms. The molecule has 0 saturated heterocycles. The van der Waals surface area contributed by atoms with Crippen LogP contribution in [0.5, 0.6) is 5.75 Å². The predicted molar refractivity (Wildman–Crippen MR) is 123 cm³/mol. The van der Waals surface area contributed by atoms with Crippen LogP contribution in [0.1, 0.15) is 55.0 Å².